The van der Waals surface area contributed by atoms with Crippen LogP contribution in [0.2, 0.25) is 0 Å². The van der Waals surface area contributed by atoms with Crippen molar-refractivity contribution in [3.63, 3.8) is 0 Å². The molecule has 0 atom stereocenters. The van der Waals surface area contributed by atoms with Gasteiger partial charge in [-0.05, 0) is 45.7 Å². The Balaban J connectivity index is 1.26. The van der Waals surface area contributed by atoms with E-state index >= 15 is 0 Å². The number of aromatic nitrogens is 4. The van der Waals surface area contributed by atoms with Crippen molar-refractivity contribution in [2.24, 2.45) is 0 Å². The molecule has 3 aromatic rings. The van der Waals surface area contributed by atoms with E-state index in [-0.39, 0.29) is 29.9 Å². The maximum atomic E-state index is 13.7. The van der Waals surface area contributed by atoms with Crippen molar-refractivity contribution in [2.45, 2.75) is 58.3 Å². The van der Waals surface area contributed by atoms with Crippen LogP contribution in [0.3, 0.4) is 0 Å². The van der Waals surface area contributed by atoms with Crippen molar-refractivity contribution in [1.29, 1.82) is 0 Å². The van der Waals surface area contributed by atoms with Gasteiger partial charge in [-0.2, -0.15) is 9.37 Å². The lowest BCUT2D eigenvalue weighted by atomic mass is 10.0. The van der Waals surface area contributed by atoms with Gasteiger partial charge in [0.15, 0.2) is 17.1 Å². The van der Waals surface area contributed by atoms with Gasteiger partial charge in [-0.25, -0.2) is 9.78 Å². The standard InChI is InChI=1S/C27H33FN6O5/c1-27(2,3)39-26(36)34(17-18-14-21-22(15-29-18)38-13-12-37-21)19-6-8-32(9-7-19)10-11-33-24(35)16-30-20-4-5-23(28)31-25(20)33/h4-5,14-16,19H,6-13,17H2,1-3H3. The number of hydrogen-bond donors (Lipinski definition) is 0. The van der Waals surface area contributed by atoms with Gasteiger partial charge in [-0.15, -0.1) is 0 Å². The lowest BCUT2D eigenvalue weighted by Gasteiger charge is -2.39. The summed E-state index contributed by atoms with van der Waals surface area (Å²) in [5, 5.41) is 0. The second kappa shape index (κ2) is 11.1. The summed E-state index contributed by atoms with van der Waals surface area (Å²) in [6, 6.07) is 4.51. The molecule has 208 valence electrons. The Morgan fingerprint density at radius 2 is 1.85 bits per heavy atom. The van der Waals surface area contributed by atoms with Gasteiger partial charge in [0, 0.05) is 38.3 Å². The second-order valence-corrected chi connectivity index (χ2v) is 10.7. The molecule has 12 heteroatoms. The molecule has 1 fully saturated rings. The zero-order valence-corrected chi connectivity index (χ0v) is 22.4. The van der Waals surface area contributed by atoms with E-state index < -0.39 is 11.5 Å². The van der Waals surface area contributed by atoms with Crippen LogP contribution in [0.1, 0.15) is 39.3 Å². The molecular formula is C27H33FN6O5. The highest BCUT2D eigenvalue weighted by molar-refractivity contribution is 5.69. The first-order valence-corrected chi connectivity index (χ1v) is 13.1. The summed E-state index contributed by atoms with van der Waals surface area (Å²) >= 11 is 0. The van der Waals surface area contributed by atoms with Gasteiger partial charge in [-0.3, -0.25) is 19.2 Å². The number of likely N-dealkylation sites (tertiary alicyclic amines) is 1. The summed E-state index contributed by atoms with van der Waals surface area (Å²) in [6.45, 7) is 9.16. The molecule has 0 radical (unpaired) electrons. The number of ether oxygens (including phenoxy) is 3. The zero-order chi connectivity index (χ0) is 27.6. The van der Waals surface area contributed by atoms with Crippen LogP contribution in [0.5, 0.6) is 11.5 Å². The fraction of sp³-hybridized carbons (Fsp3) is 0.519. The number of halogens is 1. The average molecular weight is 541 g/mol. The predicted molar refractivity (Wildman–Crippen MR) is 140 cm³/mol. The normalized spacial score (nSPS) is 16.3. The quantitative estimate of drug-likeness (QED) is 0.436. The van der Waals surface area contributed by atoms with E-state index in [1.165, 1.54) is 22.9 Å². The predicted octanol–water partition coefficient (Wildman–Crippen LogP) is 3.00. The van der Waals surface area contributed by atoms with E-state index in [2.05, 4.69) is 19.9 Å². The topological polar surface area (TPSA) is 112 Å². The SMILES string of the molecule is CC(C)(C)OC(=O)N(Cc1cc2c(cn1)OCCO2)C1CCN(CCn2c(=O)cnc3ccc(F)nc32)CC1. The lowest BCUT2D eigenvalue weighted by Crippen LogP contribution is -2.49. The second-order valence-electron chi connectivity index (χ2n) is 10.7. The van der Waals surface area contributed by atoms with Gasteiger partial charge in [0.2, 0.25) is 5.95 Å². The Labute approximate surface area is 225 Å². The Kier molecular flexibility index (Phi) is 7.65. The minimum absolute atomic E-state index is 0.0497. The van der Waals surface area contributed by atoms with Crippen LogP contribution in [-0.4, -0.2) is 79.9 Å². The molecule has 0 saturated carbocycles. The number of carbonyl (C=O) groups is 1. The number of nitrogens with zero attached hydrogens (tertiary/aromatic N) is 6. The van der Waals surface area contributed by atoms with Crippen molar-refractivity contribution in [2.75, 3.05) is 32.8 Å². The molecule has 5 rings (SSSR count). The summed E-state index contributed by atoms with van der Waals surface area (Å²) in [6.07, 6.45) is 3.93. The van der Waals surface area contributed by atoms with Crippen molar-refractivity contribution in [3.05, 3.63) is 52.6 Å². The first-order chi connectivity index (χ1) is 18.7. The van der Waals surface area contributed by atoms with Gasteiger partial charge in [0.05, 0.1) is 24.6 Å². The van der Waals surface area contributed by atoms with Gasteiger partial charge < -0.3 is 19.1 Å². The molecule has 0 unspecified atom stereocenters. The van der Waals surface area contributed by atoms with Gasteiger partial charge in [-0.1, -0.05) is 0 Å². The molecule has 0 bridgehead atoms. The van der Waals surface area contributed by atoms with E-state index in [4.69, 9.17) is 14.2 Å². The smallest absolute Gasteiger partial charge is 0.410 e. The molecular weight excluding hydrogens is 507 g/mol. The van der Waals surface area contributed by atoms with Crippen LogP contribution in [0, 0.1) is 5.95 Å². The number of amides is 1. The molecule has 0 spiro atoms. The number of fused-ring (bicyclic) bond motifs is 2. The summed E-state index contributed by atoms with van der Waals surface area (Å²) in [5.74, 6) is 0.568. The fourth-order valence-corrected chi connectivity index (χ4v) is 4.84. The van der Waals surface area contributed by atoms with Crippen molar-refractivity contribution < 1.29 is 23.4 Å². The van der Waals surface area contributed by atoms with Crippen LogP contribution in [0.4, 0.5) is 9.18 Å². The Morgan fingerprint density at radius 3 is 2.59 bits per heavy atom. The van der Waals surface area contributed by atoms with Crippen molar-refractivity contribution >= 4 is 17.3 Å². The van der Waals surface area contributed by atoms with Crippen molar-refractivity contribution in [1.82, 2.24) is 29.3 Å². The maximum Gasteiger partial charge on any atom is 0.410 e. The molecule has 2 aliphatic heterocycles. The lowest BCUT2D eigenvalue weighted by molar-refractivity contribution is 0.00529. The largest absolute Gasteiger partial charge is 0.486 e. The highest BCUT2D eigenvalue weighted by Gasteiger charge is 2.32. The molecule has 5 heterocycles. The van der Waals surface area contributed by atoms with Crippen molar-refractivity contribution in [3.8, 4) is 11.5 Å². The van der Waals surface area contributed by atoms with E-state index in [1.54, 1.807) is 11.1 Å². The molecule has 1 saturated heterocycles. The summed E-state index contributed by atoms with van der Waals surface area (Å²) in [4.78, 5) is 42.1. The molecule has 2 aliphatic rings. The van der Waals surface area contributed by atoms with Crippen LogP contribution in [-0.2, 0) is 17.8 Å². The zero-order valence-electron chi connectivity index (χ0n) is 22.4. The highest BCUT2D eigenvalue weighted by Crippen LogP contribution is 2.30. The van der Waals surface area contributed by atoms with E-state index in [9.17, 15) is 14.0 Å². The van der Waals surface area contributed by atoms with Gasteiger partial charge in [0.1, 0.15) is 24.3 Å². The fourth-order valence-electron chi connectivity index (χ4n) is 4.84. The van der Waals surface area contributed by atoms with E-state index in [0.717, 1.165) is 25.9 Å². The number of piperidine rings is 1. The molecule has 1 amide bonds. The molecule has 39 heavy (non-hydrogen) atoms. The number of hydrogen-bond acceptors (Lipinski definition) is 9. The minimum Gasteiger partial charge on any atom is -0.486 e. The first-order valence-electron chi connectivity index (χ1n) is 13.1. The van der Waals surface area contributed by atoms with E-state index in [1.807, 2.05) is 26.8 Å². The van der Waals surface area contributed by atoms with Crippen LogP contribution < -0.4 is 15.0 Å². The van der Waals surface area contributed by atoms with Crippen LogP contribution in [0.15, 0.2) is 35.4 Å². The van der Waals surface area contributed by atoms with Gasteiger partial charge >= 0.3 is 6.09 Å². The molecule has 0 aliphatic carbocycles. The summed E-state index contributed by atoms with van der Waals surface area (Å²) in [7, 11) is 0. The molecule has 0 aromatic carbocycles. The maximum absolute atomic E-state index is 13.7. The van der Waals surface area contributed by atoms with Crippen LogP contribution in [0.25, 0.3) is 11.2 Å². The summed E-state index contributed by atoms with van der Waals surface area (Å²) in [5.41, 5.74) is 0.440. The monoisotopic (exact) mass is 540 g/mol. The highest BCUT2D eigenvalue weighted by atomic mass is 19.1. The number of carbonyl (C=O) groups excluding carboxylic acids is 1. The number of rotatable bonds is 6. The third kappa shape index (κ3) is 6.44. The third-order valence-electron chi connectivity index (χ3n) is 6.74. The third-order valence-corrected chi connectivity index (χ3v) is 6.74. The van der Waals surface area contributed by atoms with Gasteiger partial charge in [0.25, 0.3) is 5.56 Å². The van der Waals surface area contributed by atoms with E-state index in [0.29, 0.717) is 49.0 Å². The summed E-state index contributed by atoms with van der Waals surface area (Å²) < 4.78 is 32.2. The molecule has 0 N–H and O–H groups in total. The Morgan fingerprint density at radius 1 is 1.10 bits per heavy atom. The Hall–Kier alpha value is -3.80. The van der Waals surface area contributed by atoms with Crippen LogP contribution >= 0.6 is 0 Å². The average Bonchev–Trinajstić information content (AvgIpc) is 2.90. The first kappa shape index (κ1) is 26.8. The molecule has 11 nitrogen and oxygen atoms in total. The minimum atomic E-state index is -0.654. The Bertz CT molecular complexity index is 1400. The molecule has 3 aromatic heterocycles. The number of pyridine rings is 2.